The molecule has 0 atom stereocenters. The largest absolute Gasteiger partial charge is 0.493 e. The van der Waals surface area contributed by atoms with Crippen molar-refractivity contribution in [2.75, 3.05) is 20.8 Å². The highest BCUT2D eigenvalue weighted by atomic mass is 79.9. The molecule has 0 spiro atoms. The number of methoxy groups -OCH3 is 2. The molecule has 0 saturated carbocycles. The molecule has 2 aromatic rings. The van der Waals surface area contributed by atoms with Crippen molar-refractivity contribution in [3.05, 3.63) is 56.4 Å². The van der Waals surface area contributed by atoms with Crippen LogP contribution in [-0.4, -0.2) is 30.2 Å². The van der Waals surface area contributed by atoms with Crippen LogP contribution < -0.4 is 15.0 Å². The molecule has 2 heterocycles. The standard InChI is InChI=1S/C17H19BrN2O3/c1-22-15-7-12-5-6-19(9-13(12)8-16(15)23-2)11-20-10-14(18)3-4-17(20)21/h3-4,7-8,10H,5-6,9,11H2,1-2H3. The fraction of sp³-hybridized carbons (Fsp3) is 0.353. The van der Waals surface area contributed by atoms with Crippen molar-refractivity contribution < 1.29 is 9.47 Å². The van der Waals surface area contributed by atoms with E-state index in [1.165, 1.54) is 11.1 Å². The lowest BCUT2D eigenvalue weighted by atomic mass is 9.99. The van der Waals surface area contributed by atoms with Crippen LogP contribution in [0.15, 0.2) is 39.7 Å². The van der Waals surface area contributed by atoms with Gasteiger partial charge in [-0.15, -0.1) is 0 Å². The van der Waals surface area contributed by atoms with Gasteiger partial charge in [-0.2, -0.15) is 0 Å². The van der Waals surface area contributed by atoms with Crippen LogP contribution in [0.25, 0.3) is 0 Å². The van der Waals surface area contributed by atoms with Crippen molar-refractivity contribution in [2.24, 2.45) is 0 Å². The first-order chi connectivity index (χ1) is 11.1. The first-order valence-corrected chi connectivity index (χ1v) is 8.22. The third-order valence-corrected chi connectivity index (χ3v) is 4.57. The zero-order chi connectivity index (χ0) is 16.4. The van der Waals surface area contributed by atoms with Gasteiger partial charge in [0.2, 0.25) is 0 Å². The van der Waals surface area contributed by atoms with Crippen LogP contribution in [-0.2, 0) is 19.6 Å². The molecule has 1 aromatic carbocycles. The second kappa shape index (κ2) is 6.76. The van der Waals surface area contributed by atoms with E-state index in [0.717, 1.165) is 35.5 Å². The average molecular weight is 379 g/mol. The first-order valence-electron chi connectivity index (χ1n) is 7.43. The molecule has 1 aliphatic heterocycles. The number of benzene rings is 1. The van der Waals surface area contributed by atoms with Gasteiger partial charge in [0.25, 0.3) is 5.56 Å². The van der Waals surface area contributed by atoms with Gasteiger partial charge in [0.05, 0.1) is 20.9 Å². The van der Waals surface area contributed by atoms with Gasteiger partial charge >= 0.3 is 0 Å². The van der Waals surface area contributed by atoms with Crippen molar-refractivity contribution in [1.29, 1.82) is 0 Å². The maximum atomic E-state index is 12.0. The smallest absolute Gasteiger partial charge is 0.251 e. The fourth-order valence-electron chi connectivity index (χ4n) is 2.89. The van der Waals surface area contributed by atoms with Crippen molar-refractivity contribution >= 4 is 15.9 Å². The summed E-state index contributed by atoms with van der Waals surface area (Å²) in [7, 11) is 3.30. The van der Waals surface area contributed by atoms with E-state index >= 15 is 0 Å². The van der Waals surface area contributed by atoms with E-state index in [-0.39, 0.29) is 5.56 Å². The van der Waals surface area contributed by atoms with Crippen LogP contribution in [0.1, 0.15) is 11.1 Å². The first kappa shape index (κ1) is 16.1. The van der Waals surface area contributed by atoms with Crippen LogP contribution in [0.2, 0.25) is 0 Å². The van der Waals surface area contributed by atoms with Gasteiger partial charge in [-0.1, -0.05) is 0 Å². The summed E-state index contributed by atoms with van der Waals surface area (Å²) in [5.74, 6) is 1.51. The highest BCUT2D eigenvalue weighted by Crippen LogP contribution is 2.33. The van der Waals surface area contributed by atoms with Crippen molar-refractivity contribution in [2.45, 2.75) is 19.6 Å². The number of hydrogen-bond acceptors (Lipinski definition) is 4. The topological polar surface area (TPSA) is 43.7 Å². The molecule has 23 heavy (non-hydrogen) atoms. The lowest BCUT2D eigenvalue weighted by Gasteiger charge is -2.29. The molecule has 0 aliphatic carbocycles. The molecule has 0 N–H and O–H groups in total. The van der Waals surface area contributed by atoms with E-state index in [9.17, 15) is 4.79 Å². The Hall–Kier alpha value is -1.79. The van der Waals surface area contributed by atoms with E-state index in [1.807, 2.05) is 12.3 Å². The van der Waals surface area contributed by atoms with E-state index in [0.29, 0.717) is 6.67 Å². The van der Waals surface area contributed by atoms with Crippen LogP contribution in [0.5, 0.6) is 11.5 Å². The summed E-state index contributed by atoms with van der Waals surface area (Å²) in [6.45, 7) is 2.27. The predicted octanol–water partition coefficient (Wildman–Crippen LogP) is 2.64. The van der Waals surface area contributed by atoms with E-state index in [1.54, 1.807) is 30.9 Å². The zero-order valence-electron chi connectivity index (χ0n) is 13.2. The maximum absolute atomic E-state index is 12.0. The van der Waals surface area contributed by atoms with E-state index in [4.69, 9.17) is 9.47 Å². The normalized spacial score (nSPS) is 14.4. The summed E-state index contributed by atoms with van der Waals surface area (Å²) in [4.78, 5) is 14.2. The zero-order valence-corrected chi connectivity index (χ0v) is 14.8. The van der Waals surface area contributed by atoms with Crippen molar-refractivity contribution in [1.82, 2.24) is 9.47 Å². The van der Waals surface area contributed by atoms with Gasteiger partial charge < -0.3 is 14.0 Å². The summed E-state index contributed by atoms with van der Waals surface area (Å²) in [5, 5.41) is 0. The Bertz CT molecular complexity index is 773. The van der Waals surface area contributed by atoms with Crippen LogP contribution in [0.3, 0.4) is 0 Å². The molecule has 122 valence electrons. The number of pyridine rings is 1. The number of fused-ring (bicyclic) bond motifs is 1. The molecule has 5 nitrogen and oxygen atoms in total. The summed E-state index contributed by atoms with van der Waals surface area (Å²) < 4.78 is 13.4. The Morgan fingerprint density at radius 3 is 2.52 bits per heavy atom. The van der Waals surface area contributed by atoms with Gasteiger partial charge in [-0.25, -0.2) is 0 Å². The second-order valence-electron chi connectivity index (χ2n) is 5.58. The van der Waals surface area contributed by atoms with Crippen LogP contribution in [0.4, 0.5) is 0 Å². The molecule has 1 aliphatic rings. The van der Waals surface area contributed by atoms with E-state index in [2.05, 4.69) is 26.9 Å². The Kier molecular flexibility index (Phi) is 4.73. The Morgan fingerprint density at radius 2 is 1.83 bits per heavy atom. The SMILES string of the molecule is COc1cc2c(cc1OC)CN(Cn1cc(Br)ccc1=O)CC2. The molecule has 0 bridgehead atoms. The lowest BCUT2D eigenvalue weighted by molar-refractivity contribution is 0.196. The summed E-state index contributed by atoms with van der Waals surface area (Å²) in [5.41, 5.74) is 2.50. The lowest BCUT2D eigenvalue weighted by Crippen LogP contribution is -2.35. The van der Waals surface area contributed by atoms with Crippen LogP contribution in [0, 0.1) is 0 Å². The molecule has 0 fully saturated rings. The van der Waals surface area contributed by atoms with Gasteiger partial charge in [0, 0.05) is 29.8 Å². The van der Waals surface area contributed by atoms with E-state index < -0.39 is 0 Å². The molecule has 3 rings (SSSR count). The van der Waals surface area contributed by atoms with Crippen molar-refractivity contribution in [3.8, 4) is 11.5 Å². The number of ether oxygens (including phenoxy) is 2. The third kappa shape index (κ3) is 3.43. The number of rotatable bonds is 4. The number of nitrogens with zero attached hydrogens (tertiary/aromatic N) is 2. The number of aromatic nitrogens is 1. The molecule has 0 unspecified atom stereocenters. The minimum atomic E-state index is 0.00584. The quantitative estimate of drug-likeness (QED) is 0.820. The second-order valence-corrected chi connectivity index (χ2v) is 6.49. The average Bonchev–Trinajstić information content (AvgIpc) is 2.56. The molecule has 0 radical (unpaired) electrons. The monoisotopic (exact) mass is 378 g/mol. The van der Waals surface area contributed by atoms with Gasteiger partial charge in [0.15, 0.2) is 11.5 Å². The number of hydrogen-bond donors (Lipinski definition) is 0. The molecule has 0 amide bonds. The van der Waals surface area contributed by atoms with Gasteiger partial charge in [0.1, 0.15) is 0 Å². The molecule has 0 saturated heterocycles. The Morgan fingerprint density at radius 1 is 1.13 bits per heavy atom. The minimum Gasteiger partial charge on any atom is -0.493 e. The molecule has 1 aromatic heterocycles. The van der Waals surface area contributed by atoms with Crippen molar-refractivity contribution in [3.63, 3.8) is 0 Å². The predicted molar refractivity (Wildman–Crippen MR) is 92.1 cm³/mol. The summed E-state index contributed by atoms with van der Waals surface area (Å²) in [6.07, 6.45) is 2.75. The highest BCUT2D eigenvalue weighted by molar-refractivity contribution is 9.10. The van der Waals surface area contributed by atoms with Crippen LogP contribution >= 0.6 is 15.9 Å². The highest BCUT2D eigenvalue weighted by Gasteiger charge is 2.19. The summed E-state index contributed by atoms with van der Waals surface area (Å²) in [6, 6.07) is 7.43. The molecular weight excluding hydrogens is 360 g/mol. The molecular formula is C17H19BrN2O3. The Balaban J connectivity index is 1.82. The summed E-state index contributed by atoms with van der Waals surface area (Å²) >= 11 is 3.41. The molecule has 6 heteroatoms. The maximum Gasteiger partial charge on any atom is 0.251 e. The minimum absolute atomic E-state index is 0.00584. The van der Waals surface area contributed by atoms with Gasteiger partial charge in [-0.05, 0) is 51.7 Å². The number of halogens is 1. The fourth-order valence-corrected chi connectivity index (χ4v) is 3.27. The Labute approximate surface area is 143 Å². The van der Waals surface area contributed by atoms with Gasteiger partial charge in [-0.3, -0.25) is 9.69 Å². The third-order valence-electron chi connectivity index (χ3n) is 4.10.